The van der Waals surface area contributed by atoms with E-state index in [4.69, 9.17) is 19.0 Å². The zero-order valence-corrected chi connectivity index (χ0v) is 24.9. The van der Waals surface area contributed by atoms with E-state index in [2.05, 4.69) is 10.3 Å². The number of methoxy groups -OCH3 is 2. The van der Waals surface area contributed by atoms with Gasteiger partial charge >= 0.3 is 0 Å². The number of rotatable bonds is 11. The molecule has 0 bridgehead atoms. The molecule has 1 atom stereocenters. The Hall–Kier alpha value is -4.41. The molecule has 1 unspecified atom stereocenters. The summed E-state index contributed by atoms with van der Waals surface area (Å²) in [6.45, 7) is 5.86. The van der Waals surface area contributed by atoms with E-state index < -0.39 is 0 Å². The van der Waals surface area contributed by atoms with E-state index >= 15 is 0 Å². The van der Waals surface area contributed by atoms with Crippen LogP contribution < -0.4 is 9.47 Å². The molecular formula is C31H38N6O5. The molecule has 222 valence electrons. The summed E-state index contributed by atoms with van der Waals surface area (Å²) in [5.41, 5.74) is 3.73. The monoisotopic (exact) mass is 574 g/mol. The number of amides is 2. The van der Waals surface area contributed by atoms with Gasteiger partial charge in [-0.2, -0.15) is 10.1 Å². The fraction of sp³-hybridized carbons (Fsp3) is 0.452. The van der Waals surface area contributed by atoms with Crippen LogP contribution in [0.5, 0.6) is 11.5 Å². The Morgan fingerprint density at radius 2 is 1.95 bits per heavy atom. The Morgan fingerprint density at radius 3 is 2.64 bits per heavy atom. The van der Waals surface area contributed by atoms with Crippen LogP contribution in [0, 0.1) is 12.8 Å². The Balaban J connectivity index is 1.19. The molecule has 1 saturated heterocycles. The highest BCUT2D eigenvalue weighted by Crippen LogP contribution is 2.31. The second kappa shape index (κ2) is 12.6. The molecule has 5 rings (SSSR count). The van der Waals surface area contributed by atoms with Gasteiger partial charge in [-0.15, -0.1) is 0 Å². The van der Waals surface area contributed by atoms with Crippen molar-refractivity contribution in [2.45, 2.75) is 45.6 Å². The zero-order valence-electron chi connectivity index (χ0n) is 24.9. The quantitative estimate of drug-likeness (QED) is 0.243. The number of benzene rings is 2. The van der Waals surface area contributed by atoms with Crippen LogP contribution in [0.2, 0.25) is 0 Å². The lowest BCUT2D eigenvalue weighted by Crippen LogP contribution is -2.44. The average molecular weight is 575 g/mol. The minimum absolute atomic E-state index is 0.0653. The number of carbonyl (C=O) groups is 2. The fourth-order valence-corrected chi connectivity index (χ4v) is 5.71. The number of carbonyl (C=O) groups excluding carboxylic acids is 2. The van der Waals surface area contributed by atoms with Gasteiger partial charge in [-0.1, -0.05) is 24.2 Å². The Morgan fingerprint density at radius 1 is 1.17 bits per heavy atom. The number of nitrogens with zero attached hydrogens (tertiary/aromatic N) is 6. The SMILES string of the molecule is CCC(CN(C=O)Cc1ccc(OC)cc1OC)C(=O)N1CCC(c2nc(-c3ccc4c(C)nn(C)c4c3)no2)CC1. The van der Waals surface area contributed by atoms with E-state index in [0.717, 1.165) is 47.0 Å². The van der Waals surface area contributed by atoms with Crippen LogP contribution in [0.25, 0.3) is 22.3 Å². The molecule has 11 heteroatoms. The van der Waals surface area contributed by atoms with Crippen LogP contribution in [0.15, 0.2) is 40.9 Å². The van der Waals surface area contributed by atoms with Gasteiger partial charge in [-0.05, 0) is 44.4 Å². The fourth-order valence-electron chi connectivity index (χ4n) is 5.71. The first-order valence-electron chi connectivity index (χ1n) is 14.3. The summed E-state index contributed by atoms with van der Waals surface area (Å²) in [5, 5.41) is 9.84. The van der Waals surface area contributed by atoms with Crippen molar-refractivity contribution in [3.05, 3.63) is 53.5 Å². The van der Waals surface area contributed by atoms with Gasteiger partial charge in [0, 0.05) is 61.7 Å². The summed E-state index contributed by atoms with van der Waals surface area (Å²) < 4.78 is 18.3. The van der Waals surface area contributed by atoms with E-state index in [1.165, 1.54) is 0 Å². The first kappa shape index (κ1) is 29.1. The second-order valence-electron chi connectivity index (χ2n) is 10.8. The maximum Gasteiger partial charge on any atom is 0.230 e. The van der Waals surface area contributed by atoms with Crippen molar-refractivity contribution in [1.29, 1.82) is 0 Å². The highest BCUT2D eigenvalue weighted by Gasteiger charge is 2.31. The largest absolute Gasteiger partial charge is 0.497 e. The van der Waals surface area contributed by atoms with Gasteiger partial charge in [0.05, 0.1) is 31.3 Å². The third-order valence-electron chi connectivity index (χ3n) is 8.21. The van der Waals surface area contributed by atoms with Crippen molar-refractivity contribution in [3.8, 4) is 22.9 Å². The maximum atomic E-state index is 13.5. The average Bonchev–Trinajstić information content (AvgIpc) is 3.63. The molecule has 2 aromatic heterocycles. The van der Waals surface area contributed by atoms with Gasteiger partial charge in [0.1, 0.15) is 11.5 Å². The number of fused-ring (bicyclic) bond motifs is 1. The van der Waals surface area contributed by atoms with Crippen molar-refractivity contribution in [1.82, 2.24) is 29.7 Å². The number of hydrogen-bond donors (Lipinski definition) is 0. The second-order valence-corrected chi connectivity index (χ2v) is 10.8. The minimum Gasteiger partial charge on any atom is -0.497 e. The van der Waals surface area contributed by atoms with E-state index in [1.54, 1.807) is 25.2 Å². The minimum atomic E-state index is -0.295. The first-order valence-corrected chi connectivity index (χ1v) is 14.3. The van der Waals surface area contributed by atoms with Gasteiger partial charge in [0.2, 0.25) is 24.0 Å². The summed E-state index contributed by atoms with van der Waals surface area (Å²) >= 11 is 0. The summed E-state index contributed by atoms with van der Waals surface area (Å²) in [5.74, 6) is 2.33. The van der Waals surface area contributed by atoms with Crippen molar-refractivity contribution in [3.63, 3.8) is 0 Å². The normalized spacial score (nSPS) is 14.6. The van der Waals surface area contributed by atoms with Crippen LogP contribution in [0.3, 0.4) is 0 Å². The number of aromatic nitrogens is 4. The number of hydrogen-bond acceptors (Lipinski definition) is 8. The lowest BCUT2D eigenvalue weighted by molar-refractivity contribution is -0.138. The lowest BCUT2D eigenvalue weighted by atomic mass is 9.94. The Kier molecular flexibility index (Phi) is 8.75. The number of ether oxygens (including phenoxy) is 2. The molecule has 0 spiro atoms. The first-order chi connectivity index (χ1) is 20.3. The van der Waals surface area contributed by atoms with E-state index in [0.29, 0.717) is 55.8 Å². The molecule has 3 heterocycles. The van der Waals surface area contributed by atoms with E-state index in [9.17, 15) is 9.59 Å². The topological polar surface area (TPSA) is 116 Å². The van der Waals surface area contributed by atoms with Crippen molar-refractivity contribution in [2.24, 2.45) is 13.0 Å². The molecule has 2 amide bonds. The van der Waals surface area contributed by atoms with Gasteiger partial charge in [0.25, 0.3) is 0 Å². The summed E-state index contributed by atoms with van der Waals surface area (Å²) in [6, 6.07) is 11.6. The third kappa shape index (κ3) is 5.95. The van der Waals surface area contributed by atoms with Gasteiger partial charge < -0.3 is 23.8 Å². The molecule has 0 radical (unpaired) electrons. The summed E-state index contributed by atoms with van der Waals surface area (Å²) in [7, 11) is 5.10. The number of piperidine rings is 1. The highest BCUT2D eigenvalue weighted by atomic mass is 16.5. The zero-order chi connectivity index (χ0) is 29.8. The molecule has 0 aliphatic carbocycles. The third-order valence-corrected chi connectivity index (χ3v) is 8.21. The predicted octanol–water partition coefficient (Wildman–Crippen LogP) is 4.34. The molecule has 0 saturated carbocycles. The van der Waals surface area contributed by atoms with Gasteiger partial charge in [-0.3, -0.25) is 14.3 Å². The Bertz CT molecular complexity index is 1550. The molecule has 1 aliphatic rings. The lowest BCUT2D eigenvalue weighted by Gasteiger charge is -2.34. The van der Waals surface area contributed by atoms with Crippen molar-refractivity contribution in [2.75, 3.05) is 33.9 Å². The predicted molar refractivity (Wildman–Crippen MR) is 157 cm³/mol. The molecule has 11 nitrogen and oxygen atoms in total. The van der Waals surface area contributed by atoms with Crippen LogP contribution in [0.4, 0.5) is 0 Å². The molecule has 2 aromatic carbocycles. The standard InChI is InChI=1S/C31H38N6O5/c1-6-21(17-36(19-38)18-24-7-9-25(40-4)16-28(24)41-5)31(39)37-13-11-22(12-14-37)30-32-29(34-42-30)23-8-10-26-20(2)33-35(3)27(26)15-23/h7-10,15-16,19,21-22H,6,11-14,17-18H2,1-5H3. The number of likely N-dealkylation sites (tertiary alicyclic amines) is 1. The summed E-state index contributed by atoms with van der Waals surface area (Å²) in [4.78, 5) is 33.7. The highest BCUT2D eigenvalue weighted by molar-refractivity contribution is 5.85. The Labute approximate surface area is 245 Å². The summed E-state index contributed by atoms with van der Waals surface area (Å²) in [6.07, 6.45) is 2.91. The molecule has 42 heavy (non-hydrogen) atoms. The van der Waals surface area contributed by atoms with Crippen molar-refractivity contribution < 1.29 is 23.6 Å². The van der Waals surface area contributed by atoms with Crippen LogP contribution >= 0.6 is 0 Å². The van der Waals surface area contributed by atoms with E-state index in [-0.39, 0.29) is 17.7 Å². The van der Waals surface area contributed by atoms with Gasteiger partial charge in [0.15, 0.2) is 0 Å². The maximum absolute atomic E-state index is 13.5. The molecule has 1 aliphatic heterocycles. The molecular weight excluding hydrogens is 536 g/mol. The van der Waals surface area contributed by atoms with Crippen LogP contribution in [-0.4, -0.2) is 75.9 Å². The molecule has 1 fully saturated rings. The number of aryl methyl sites for hydroxylation is 2. The molecule has 0 N–H and O–H groups in total. The van der Waals surface area contributed by atoms with Crippen LogP contribution in [0.1, 0.15) is 49.3 Å². The van der Waals surface area contributed by atoms with Crippen LogP contribution in [-0.2, 0) is 23.2 Å². The van der Waals surface area contributed by atoms with E-state index in [1.807, 2.05) is 60.8 Å². The smallest absolute Gasteiger partial charge is 0.230 e. The molecule has 4 aromatic rings. The van der Waals surface area contributed by atoms with Gasteiger partial charge in [-0.25, -0.2) is 0 Å². The van der Waals surface area contributed by atoms with Crippen molar-refractivity contribution >= 4 is 23.2 Å².